The standard InChI is InChI=1S/C44H40O6/c45-31-39-40(46)41(47)42(49-39,50-44(36-25-13-4-14-26-36,37-27-15-5-16-28-37)38-29-17-6-18-30-38)32-48-43(33-19-7-1-8-20-33,34-21-9-2-10-22-34)35-23-11-3-12-24-35/h1-30,39-41,45-47H,31-32H2/t39-,40-,41+,42+/m1/s1. The first-order chi connectivity index (χ1) is 24.5. The zero-order valence-electron chi connectivity index (χ0n) is 27.5. The number of aliphatic hydroxyl groups is 3. The van der Waals surface area contributed by atoms with Crippen LogP contribution in [0.5, 0.6) is 0 Å². The van der Waals surface area contributed by atoms with E-state index < -0.39 is 41.9 Å². The van der Waals surface area contributed by atoms with Crippen molar-refractivity contribution in [1.29, 1.82) is 0 Å². The summed E-state index contributed by atoms with van der Waals surface area (Å²) in [6, 6.07) is 58.9. The number of aliphatic hydroxyl groups excluding tert-OH is 3. The van der Waals surface area contributed by atoms with Gasteiger partial charge in [-0.15, -0.1) is 0 Å². The van der Waals surface area contributed by atoms with Crippen LogP contribution in [0.15, 0.2) is 182 Å². The summed E-state index contributed by atoms with van der Waals surface area (Å²) in [4.78, 5) is 0. The van der Waals surface area contributed by atoms with Crippen molar-refractivity contribution in [1.82, 2.24) is 0 Å². The molecule has 0 saturated carbocycles. The molecule has 1 fully saturated rings. The van der Waals surface area contributed by atoms with E-state index in [1.165, 1.54) is 0 Å². The summed E-state index contributed by atoms with van der Waals surface area (Å²) >= 11 is 0. The molecule has 0 bridgehead atoms. The second-order valence-corrected chi connectivity index (χ2v) is 12.5. The summed E-state index contributed by atoms with van der Waals surface area (Å²) in [7, 11) is 0. The van der Waals surface area contributed by atoms with Crippen molar-refractivity contribution in [3.8, 4) is 0 Å². The number of rotatable bonds is 12. The van der Waals surface area contributed by atoms with Gasteiger partial charge in [-0.1, -0.05) is 182 Å². The van der Waals surface area contributed by atoms with E-state index >= 15 is 0 Å². The van der Waals surface area contributed by atoms with Crippen LogP contribution in [0.25, 0.3) is 0 Å². The molecule has 1 saturated heterocycles. The molecule has 50 heavy (non-hydrogen) atoms. The molecule has 6 aromatic carbocycles. The number of hydrogen-bond donors (Lipinski definition) is 3. The molecular formula is C44H40O6. The zero-order valence-corrected chi connectivity index (χ0v) is 27.5. The van der Waals surface area contributed by atoms with Crippen molar-refractivity contribution >= 4 is 0 Å². The molecule has 0 unspecified atom stereocenters. The molecule has 0 amide bonds. The molecule has 1 aliphatic rings. The van der Waals surface area contributed by atoms with Crippen LogP contribution >= 0.6 is 0 Å². The van der Waals surface area contributed by atoms with Gasteiger partial charge in [0.1, 0.15) is 36.1 Å². The number of benzene rings is 6. The highest BCUT2D eigenvalue weighted by Crippen LogP contribution is 2.49. The summed E-state index contributed by atoms with van der Waals surface area (Å²) < 4.78 is 21.2. The van der Waals surface area contributed by atoms with E-state index in [0.717, 1.165) is 33.4 Å². The Bertz CT molecular complexity index is 1730. The Balaban J connectivity index is 1.46. The van der Waals surface area contributed by atoms with E-state index in [0.29, 0.717) is 0 Å². The average Bonchev–Trinajstić information content (AvgIpc) is 3.44. The number of ether oxygens (including phenoxy) is 3. The van der Waals surface area contributed by atoms with E-state index in [1.807, 2.05) is 182 Å². The molecule has 6 aromatic rings. The van der Waals surface area contributed by atoms with E-state index in [2.05, 4.69) is 0 Å². The Kier molecular flexibility index (Phi) is 9.74. The molecule has 1 aliphatic heterocycles. The van der Waals surface area contributed by atoms with Crippen LogP contribution in [0, 0.1) is 0 Å². The maximum Gasteiger partial charge on any atom is 0.223 e. The predicted octanol–water partition coefficient (Wildman–Crippen LogP) is 6.81. The van der Waals surface area contributed by atoms with Gasteiger partial charge >= 0.3 is 0 Å². The molecule has 4 atom stereocenters. The summed E-state index contributed by atoms with van der Waals surface area (Å²) in [6.07, 6.45) is -4.23. The highest BCUT2D eigenvalue weighted by atomic mass is 16.8. The highest BCUT2D eigenvalue weighted by molar-refractivity contribution is 5.49. The quantitative estimate of drug-likeness (QED) is 0.125. The summed E-state index contributed by atoms with van der Waals surface area (Å²) in [6.45, 7) is -0.881. The lowest BCUT2D eigenvalue weighted by Gasteiger charge is -2.46. The molecule has 0 radical (unpaired) electrons. The molecule has 0 spiro atoms. The molecule has 7 rings (SSSR count). The largest absolute Gasteiger partial charge is 0.394 e. The third kappa shape index (κ3) is 5.97. The lowest BCUT2D eigenvalue weighted by molar-refractivity contribution is -0.318. The zero-order chi connectivity index (χ0) is 34.4. The van der Waals surface area contributed by atoms with Gasteiger partial charge in [0.2, 0.25) is 5.79 Å². The first-order valence-corrected chi connectivity index (χ1v) is 16.9. The second kappa shape index (κ2) is 14.5. The summed E-state index contributed by atoms with van der Waals surface area (Å²) in [5.74, 6) is -1.99. The maximum absolute atomic E-state index is 12.1. The van der Waals surface area contributed by atoms with Gasteiger partial charge in [0.25, 0.3) is 0 Å². The molecule has 3 N–H and O–H groups in total. The van der Waals surface area contributed by atoms with Crippen LogP contribution in [0.3, 0.4) is 0 Å². The van der Waals surface area contributed by atoms with Gasteiger partial charge in [-0.05, 0) is 33.4 Å². The van der Waals surface area contributed by atoms with E-state index in [4.69, 9.17) is 14.2 Å². The van der Waals surface area contributed by atoms with Gasteiger partial charge < -0.3 is 29.5 Å². The van der Waals surface area contributed by atoms with Crippen molar-refractivity contribution in [2.45, 2.75) is 35.3 Å². The molecule has 1 heterocycles. The van der Waals surface area contributed by atoms with Gasteiger partial charge in [-0.25, -0.2) is 0 Å². The van der Waals surface area contributed by atoms with Crippen LogP contribution in [-0.4, -0.2) is 52.6 Å². The van der Waals surface area contributed by atoms with Crippen molar-refractivity contribution in [2.24, 2.45) is 0 Å². The Morgan fingerprint density at radius 2 is 0.780 bits per heavy atom. The first-order valence-electron chi connectivity index (χ1n) is 16.9. The Hall–Kier alpha value is -4.92. The lowest BCUT2D eigenvalue weighted by atomic mass is 9.79. The molecular weight excluding hydrogens is 624 g/mol. The summed E-state index contributed by atoms with van der Waals surface area (Å²) in [5.41, 5.74) is 2.31. The van der Waals surface area contributed by atoms with Crippen molar-refractivity contribution in [3.05, 3.63) is 215 Å². The predicted molar refractivity (Wildman–Crippen MR) is 192 cm³/mol. The Morgan fingerprint density at radius 1 is 0.480 bits per heavy atom. The number of hydrogen-bond acceptors (Lipinski definition) is 6. The first kappa shape index (κ1) is 33.6. The van der Waals surface area contributed by atoms with Crippen LogP contribution in [0.4, 0.5) is 0 Å². The highest BCUT2D eigenvalue weighted by Gasteiger charge is 2.60. The molecule has 252 valence electrons. The van der Waals surface area contributed by atoms with Crippen LogP contribution in [-0.2, 0) is 25.4 Å². The van der Waals surface area contributed by atoms with Gasteiger partial charge in [-0.3, -0.25) is 0 Å². The van der Waals surface area contributed by atoms with E-state index in [1.54, 1.807) is 0 Å². The Morgan fingerprint density at radius 3 is 1.06 bits per heavy atom. The van der Waals surface area contributed by atoms with Gasteiger partial charge in [0.15, 0.2) is 0 Å². The smallest absolute Gasteiger partial charge is 0.223 e. The fourth-order valence-corrected chi connectivity index (χ4v) is 7.17. The van der Waals surface area contributed by atoms with Gasteiger partial charge in [0, 0.05) is 0 Å². The SMILES string of the molecule is OC[C@H]1O[C@@](COC(c2ccccc2)(c2ccccc2)c2ccccc2)(OC(c2ccccc2)(c2ccccc2)c2ccccc2)[C@@H](O)[C@@H]1O. The maximum atomic E-state index is 12.1. The van der Waals surface area contributed by atoms with Crippen molar-refractivity contribution in [3.63, 3.8) is 0 Å². The fourth-order valence-electron chi connectivity index (χ4n) is 7.17. The van der Waals surface area contributed by atoms with E-state index in [-0.39, 0.29) is 6.61 Å². The van der Waals surface area contributed by atoms with Crippen LogP contribution in [0.2, 0.25) is 0 Å². The summed E-state index contributed by atoms with van der Waals surface area (Å²) in [5, 5.41) is 33.9. The van der Waals surface area contributed by atoms with Gasteiger partial charge in [0.05, 0.1) is 6.61 Å². The van der Waals surface area contributed by atoms with Crippen LogP contribution < -0.4 is 0 Å². The van der Waals surface area contributed by atoms with Crippen molar-refractivity contribution in [2.75, 3.05) is 13.2 Å². The normalized spacial score (nSPS) is 20.8. The Labute approximate surface area is 292 Å². The molecule has 6 heteroatoms. The second-order valence-electron chi connectivity index (χ2n) is 12.5. The van der Waals surface area contributed by atoms with Crippen molar-refractivity contribution < 1.29 is 29.5 Å². The molecule has 6 nitrogen and oxygen atoms in total. The van der Waals surface area contributed by atoms with Crippen LogP contribution in [0.1, 0.15) is 33.4 Å². The lowest BCUT2D eigenvalue weighted by Crippen LogP contribution is -2.56. The topological polar surface area (TPSA) is 88.4 Å². The average molecular weight is 665 g/mol. The van der Waals surface area contributed by atoms with E-state index in [9.17, 15) is 15.3 Å². The third-order valence-corrected chi connectivity index (χ3v) is 9.58. The molecule has 0 aromatic heterocycles. The third-order valence-electron chi connectivity index (χ3n) is 9.58. The van der Waals surface area contributed by atoms with Gasteiger partial charge in [-0.2, -0.15) is 0 Å². The molecule has 0 aliphatic carbocycles. The minimum atomic E-state index is -1.99. The minimum Gasteiger partial charge on any atom is -0.394 e. The monoisotopic (exact) mass is 664 g/mol. The minimum absolute atomic E-state index is 0.339. The fraction of sp³-hybridized carbons (Fsp3) is 0.182.